The van der Waals surface area contributed by atoms with Crippen molar-refractivity contribution in [3.05, 3.63) is 51.4 Å². The minimum atomic E-state index is -0.402. The van der Waals surface area contributed by atoms with E-state index in [0.717, 1.165) is 11.3 Å². The summed E-state index contributed by atoms with van der Waals surface area (Å²) in [5.41, 5.74) is 2.11. The molecule has 1 aromatic carbocycles. The summed E-state index contributed by atoms with van der Waals surface area (Å²) in [4.78, 5) is 14.3. The van der Waals surface area contributed by atoms with Gasteiger partial charge in [-0.2, -0.15) is 5.10 Å². The number of halogens is 1. The van der Waals surface area contributed by atoms with Gasteiger partial charge < -0.3 is 10.2 Å². The van der Waals surface area contributed by atoms with E-state index < -0.39 is 5.54 Å². The van der Waals surface area contributed by atoms with Crippen LogP contribution in [0.2, 0.25) is 5.02 Å². The Hall–Kier alpha value is -2.01. The third-order valence-corrected chi connectivity index (χ3v) is 3.86. The lowest BCUT2D eigenvalue weighted by molar-refractivity contribution is 0.338. The zero-order valence-electron chi connectivity index (χ0n) is 14.2. The summed E-state index contributed by atoms with van der Waals surface area (Å²) in [6, 6.07) is 8.18. The van der Waals surface area contributed by atoms with Crippen LogP contribution < -0.4 is 15.8 Å². The fourth-order valence-electron chi connectivity index (χ4n) is 2.14. The molecule has 0 unspecified atom stereocenters. The fraction of sp³-hybridized carbons (Fsp3) is 0.412. The van der Waals surface area contributed by atoms with E-state index in [-0.39, 0.29) is 10.6 Å². The SMILES string of the molecule is CN(C)c1ccc(CNc2cnn(C(C)(C)C)c(=O)c2Cl)cc1. The van der Waals surface area contributed by atoms with Gasteiger partial charge in [-0.25, -0.2) is 4.68 Å². The Balaban J connectivity index is 2.15. The van der Waals surface area contributed by atoms with Gasteiger partial charge in [-0.1, -0.05) is 23.7 Å². The van der Waals surface area contributed by atoms with E-state index in [1.807, 2.05) is 51.9 Å². The molecule has 2 aromatic rings. The van der Waals surface area contributed by atoms with E-state index in [2.05, 4.69) is 22.5 Å². The number of hydrogen-bond acceptors (Lipinski definition) is 4. The standard InChI is InChI=1S/C17H23ClN4O/c1-17(2,3)22-16(23)15(18)14(11-20-22)19-10-12-6-8-13(9-7-12)21(4)5/h6-9,11,19H,10H2,1-5H3. The van der Waals surface area contributed by atoms with Crippen LogP contribution in [0.3, 0.4) is 0 Å². The molecule has 0 aliphatic rings. The predicted octanol–water partition coefficient (Wildman–Crippen LogP) is 3.33. The molecular formula is C17H23ClN4O. The Bertz CT molecular complexity index is 730. The average Bonchev–Trinajstić information content (AvgIpc) is 2.48. The molecule has 0 atom stereocenters. The molecule has 2 rings (SSSR count). The second kappa shape index (κ2) is 6.62. The maximum absolute atomic E-state index is 12.3. The number of aromatic nitrogens is 2. The van der Waals surface area contributed by atoms with Gasteiger partial charge in [0, 0.05) is 26.3 Å². The molecule has 124 valence electrons. The molecule has 0 radical (unpaired) electrons. The zero-order chi connectivity index (χ0) is 17.2. The number of rotatable bonds is 4. The van der Waals surface area contributed by atoms with Crippen LogP contribution in [0.25, 0.3) is 0 Å². The van der Waals surface area contributed by atoms with Crippen molar-refractivity contribution < 1.29 is 0 Å². The lowest BCUT2D eigenvalue weighted by Crippen LogP contribution is -2.36. The summed E-state index contributed by atoms with van der Waals surface area (Å²) in [6.07, 6.45) is 1.60. The van der Waals surface area contributed by atoms with Crippen LogP contribution in [0.15, 0.2) is 35.3 Å². The van der Waals surface area contributed by atoms with Crippen molar-refractivity contribution >= 4 is 23.0 Å². The van der Waals surface area contributed by atoms with E-state index in [4.69, 9.17) is 11.6 Å². The Labute approximate surface area is 141 Å². The molecule has 0 amide bonds. The quantitative estimate of drug-likeness (QED) is 0.931. The second-order valence-electron chi connectivity index (χ2n) is 6.67. The van der Waals surface area contributed by atoms with E-state index in [9.17, 15) is 4.79 Å². The minimum absolute atomic E-state index is 0.167. The van der Waals surface area contributed by atoms with Gasteiger partial charge in [0.05, 0.1) is 17.4 Å². The van der Waals surface area contributed by atoms with Crippen molar-refractivity contribution in [2.45, 2.75) is 32.9 Å². The van der Waals surface area contributed by atoms with Gasteiger partial charge in [-0.15, -0.1) is 0 Å². The first-order valence-electron chi connectivity index (χ1n) is 7.48. The normalized spacial score (nSPS) is 11.4. The topological polar surface area (TPSA) is 50.2 Å². The number of benzene rings is 1. The fourth-order valence-corrected chi connectivity index (χ4v) is 2.34. The van der Waals surface area contributed by atoms with E-state index in [0.29, 0.717) is 12.2 Å². The van der Waals surface area contributed by atoms with Crippen LogP contribution in [0.4, 0.5) is 11.4 Å². The molecule has 0 saturated heterocycles. The van der Waals surface area contributed by atoms with Gasteiger partial charge in [0.2, 0.25) is 0 Å². The van der Waals surface area contributed by atoms with Crippen LogP contribution in [0.5, 0.6) is 0 Å². The number of anilines is 2. The maximum Gasteiger partial charge on any atom is 0.288 e. The Kier molecular flexibility index (Phi) is 5.00. The minimum Gasteiger partial charge on any atom is -0.378 e. The Morgan fingerprint density at radius 1 is 1.22 bits per heavy atom. The smallest absolute Gasteiger partial charge is 0.288 e. The maximum atomic E-state index is 12.3. The van der Waals surface area contributed by atoms with Gasteiger partial charge in [-0.05, 0) is 38.5 Å². The zero-order valence-corrected chi connectivity index (χ0v) is 15.0. The third kappa shape index (κ3) is 4.05. The molecule has 1 heterocycles. The van der Waals surface area contributed by atoms with Gasteiger partial charge in [0.1, 0.15) is 5.02 Å². The van der Waals surface area contributed by atoms with Gasteiger partial charge >= 0.3 is 0 Å². The van der Waals surface area contributed by atoms with Crippen molar-refractivity contribution in [2.24, 2.45) is 0 Å². The molecule has 0 saturated carbocycles. The molecule has 0 aliphatic carbocycles. The van der Waals surface area contributed by atoms with Crippen LogP contribution in [0.1, 0.15) is 26.3 Å². The largest absolute Gasteiger partial charge is 0.378 e. The number of nitrogens with zero attached hydrogens (tertiary/aromatic N) is 3. The van der Waals surface area contributed by atoms with Crippen molar-refractivity contribution in [3.63, 3.8) is 0 Å². The number of hydrogen-bond donors (Lipinski definition) is 1. The molecular weight excluding hydrogens is 312 g/mol. The van der Waals surface area contributed by atoms with Gasteiger partial charge in [0.15, 0.2) is 0 Å². The molecule has 23 heavy (non-hydrogen) atoms. The Morgan fingerprint density at radius 3 is 2.35 bits per heavy atom. The predicted molar refractivity (Wildman–Crippen MR) is 96.6 cm³/mol. The van der Waals surface area contributed by atoms with E-state index in [1.54, 1.807) is 6.20 Å². The lowest BCUT2D eigenvalue weighted by Gasteiger charge is -2.21. The highest BCUT2D eigenvalue weighted by molar-refractivity contribution is 6.32. The first-order chi connectivity index (χ1) is 10.7. The molecule has 6 heteroatoms. The summed E-state index contributed by atoms with van der Waals surface area (Å²) < 4.78 is 1.40. The van der Waals surface area contributed by atoms with E-state index >= 15 is 0 Å². The van der Waals surface area contributed by atoms with Gasteiger partial charge in [-0.3, -0.25) is 4.79 Å². The van der Waals surface area contributed by atoms with Gasteiger partial charge in [0.25, 0.3) is 5.56 Å². The van der Waals surface area contributed by atoms with Crippen molar-refractivity contribution in [2.75, 3.05) is 24.3 Å². The van der Waals surface area contributed by atoms with Crippen molar-refractivity contribution in [1.29, 1.82) is 0 Å². The molecule has 1 N–H and O–H groups in total. The van der Waals surface area contributed by atoms with Crippen molar-refractivity contribution in [3.8, 4) is 0 Å². The number of nitrogens with one attached hydrogen (secondary N) is 1. The monoisotopic (exact) mass is 334 g/mol. The average molecular weight is 335 g/mol. The molecule has 0 spiro atoms. The van der Waals surface area contributed by atoms with Crippen LogP contribution in [-0.4, -0.2) is 23.9 Å². The van der Waals surface area contributed by atoms with Crippen LogP contribution >= 0.6 is 11.6 Å². The highest BCUT2D eigenvalue weighted by Crippen LogP contribution is 2.20. The first kappa shape index (κ1) is 17.3. The van der Waals surface area contributed by atoms with E-state index in [1.165, 1.54) is 4.68 Å². The molecule has 0 bridgehead atoms. The lowest BCUT2D eigenvalue weighted by atomic mass is 10.1. The second-order valence-corrected chi connectivity index (χ2v) is 7.05. The summed E-state index contributed by atoms with van der Waals surface area (Å²) >= 11 is 6.19. The summed E-state index contributed by atoms with van der Waals surface area (Å²) in [7, 11) is 4.01. The molecule has 5 nitrogen and oxygen atoms in total. The Morgan fingerprint density at radius 2 is 1.83 bits per heavy atom. The van der Waals surface area contributed by atoms with Crippen LogP contribution in [-0.2, 0) is 12.1 Å². The summed E-state index contributed by atoms with van der Waals surface area (Å²) in [5.74, 6) is 0. The van der Waals surface area contributed by atoms with Crippen molar-refractivity contribution in [1.82, 2.24) is 9.78 Å². The first-order valence-corrected chi connectivity index (χ1v) is 7.86. The highest BCUT2D eigenvalue weighted by Gasteiger charge is 2.19. The third-order valence-electron chi connectivity index (χ3n) is 3.49. The highest BCUT2D eigenvalue weighted by atomic mass is 35.5. The summed E-state index contributed by atoms with van der Waals surface area (Å²) in [6.45, 7) is 6.32. The molecule has 1 aromatic heterocycles. The molecule has 0 aliphatic heterocycles. The summed E-state index contributed by atoms with van der Waals surface area (Å²) in [5, 5.41) is 7.55. The van der Waals surface area contributed by atoms with Crippen LogP contribution in [0, 0.1) is 0 Å². The molecule has 0 fully saturated rings.